The Hall–Kier alpha value is -2.76. The number of para-hydroxylation sites is 1. The third-order valence-electron chi connectivity index (χ3n) is 2.50. The molecule has 0 radical (unpaired) electrons. The molecule has 3 rings (SSSR count). The lowest BCUT2D eigenvalue weighted by molar-refractivity contribution is 0.102. The highest BCUT2D eigenvalue weighted by atomic mass is 16.1. The molecule has 0 bridgehead atoms. The predicted molar refractivity (Wildman–Crippen MR) is 66.1 cm³/mol. The molecule has 2 N–H and O–H groups in total. The average molecular weight is 239 g/mol. The molecule has 0 saturated carbocycles. The van der Waals surface area contributed by atoms with Crippen LogP contribution in [0.3, 0.4) is 0 Å². The van der Waals surface area contributed by atoms with Crippen LogP contribution in [-0.4, -0.2) is 26.1 Å². The van der Waals surface area contributed by atoms with E-state index in [4.69, 9.17) is 0 Å². The summed E-state index contributed by atoms with van der Waals surface area (Å²) in [6.45, 7) is 0. The normalized spacial score (nSPS) is 10.4. The first-order valence-corrected chi connectivity index (χ1v) is 5.34. The van der Waals surface area contributed by atoms with E-state index in [-0.39, 0.29) is 5.91 Å². The van der Waals surface area contributed by atoms with Gasteiger partial charge in [0.05, 0.1) is 11.1 Å². The average Bonchev–Trinajstić information content (AvgIpc) is 2.91. The number of amides is 1. The van der Waals surface area contributed by atoms with Crippen LogP contribution in [0, 0.1) is 0 Å². The molecule has 6 nitrogen and oxygen atoms in total. The maximum atomic E-state index is 11.9. The fourth-order valence-corrected chi connectivity index (χ4v) is 1.64. The summed E-state index contributed by atoms with van der Waals surface area (Å²) in [5.41, 5.74) is 1.33. The quantitative estimate of drug-likeness (QED) is 0.711. The topological polar surface area (TPSA) is 83.6 Å². The molecule has 3 aromatic rings. The molecule has 2 heterocycles. The van der Waals surface area contributed by atoms with Crippen molar-refractivity contribution < 1.29 is 4.79 Å². The van der Waals surface area contributed by atoms with E-state index in [9.17, 15) is 4.79 Å². The monoisotopic (exact) mass is 239 g/mol. The van der Waals surface area contributed by atoms with E-state index in [1.807, 2.05) is 24.3 Å². The Morgan fingerprint density at radius 2 is 2.11 bits per heavy atom. The fourth-order valence-electron chi connectivity index (χ4n) is 1.64. The van der Waals surface area contributed by atoms with Crippen LogP contribution in [0.2, 0.25) is 0 Å². The Kier molecular flexibility index (Phi) is 2.45. The van der Waals surface area contributed by atoms with E-state index in [1.165, 1.54) is 12.5 Å². The summed E-state index contributed by atoms with van der Waals surface area (Å²) in [6, 6.07) is 9.40. The maximum Gasteiger partial charge on any atom is 0.259 e. The van der Waals surface area contributed by atoms with Gasteiger partial charge in [-0.25, -0.2) is 5.10 Å². The molecular formula is C12H9N5O. The number of anilines is 1. The number of hydrogen-bond acceptors (Lipinski definition) is 4. The van der Waals surface area contributed by atoms with Gasteiger partial charge in [0.25, 0.3) is 5.91 Å². The second kappa shape index (κ2) is 4.25. The predicted octanol–water partition coefficient (Wildman–Crippen LogP) is 1.61. The Labute approximate surface area is 102 Å². The minimum atomic E-state index is -0.273. The second-order valence-electron chi connectivity index (χ2n) is 3.70. The van der Waals surface area contributed by atoms with E-state index in [1.54, 1.807) is 6.07 Å². The van der Waals surface area contributed by atoms with E-state index in [0.29, 0.717) is 11.5 Å². The van der Waals surface area contributed by atoms with Gasteiger partial charge in [-0.05, 0) is 12.1 Å². The van der Waals surface area contributed by atoms with Gasteiger partial charge < -0.3 is 0 Å². The highest BCUT2D eigenvalue weighted by molar-refractivity contribution is 6.04. The fraction of sp³-hybridized carbons (Fsp3) is 0. The molecule has 0 spiro atoms. The van der Waals surface area contributed by atoms with Gasteiger partial charge in [-0.3, -0.25) is 15.1 Å². The highest BCUT2D eigenvalue weighted by Crippen LogP contribution is 2.13. The Morgan fingerprint density at radius 3 is 2.94 bits per heavy atom. The molecule has 2 aromatic heterocycles. The number of aromatic amines is 1. The molecule has 0 saturated heterocycles. The SMILES string of the molecule is O=C(Nc1ncn[nH]1)c1cnc2ccccc2c1. The van der Waals surface area contributed by atoms with Crippen molar-refractivity contribution in [2.75, 3.05) is 5.32 Å². The van der Waals surface area contributed by atoms with Crippen molar-refractivity contribution in [2.45, 2.75) is 0 Å². The molecule has 88 valence electrons. The number of aromatic nitrogens is 4. The number of H-pyrrole nitrogens is 1. The van der Waals surface area contributed by atoms with E-state index in [2.05, 4.69) is 25.5 Å². The number of pyridine rings is 1. The molecule has 0 atom stereocenters. The van der Waals surface area contributed by atoms with Crippen molar-refractivity contribution in [1.29, 1.82) is 0 Å². The van der Waals surface area contributed by atoms with Crippen molar-refractivity contribution in [1.82, 2.24) is 20.2 Å². The molecule has 18 heavy (non-hydrogen) atoms. The molecule has 0 aliphatic carbocycles. The number of fused-ring (bicyclic) bond motifs is 1. The summed E-state index contributed by atoms with van der Waals surface area (Å²) in [7, 11) is 0. The molecule has 0 fully saturated rings. The number of carbonyl (C=O) groups is 1. The highest BCUT2D eigenvalue weighted by Gasteiger charge is 2.08. The van der Waals surface area contributed by atoms with Gasteiger partial charge >= 0.3 is 0 Å². The smallest absolute Gasteiger partial charge is 0.259 e. The van der Waals surface area contributed by atoms with Crippen molar-refractivity contribution >= 4 is 22.8 Å². The van der Waals surface area contributed by atoms with Crippen molar-refractivity contribution in [3.63, 3.8) is 0 Å². The van der Waals surface area contributed by atoms with Crippen LogP contribution >= 0.6 is 0 Å². The summed E-state index contributed by atoms with van der Waals surface area (Å²) < 4.78 is 0. The Morgan fingerprint density at radius 1 is 1.22 bits per heavy atom. The molecular weight excluding hydrogens is 230 g/mol. The third-order valence-corrected chi connectivity index (χ3v) is 2.50. The first-order valence-electron chi connectivity index (χ1n) is 5.34. The van der Waals surface area contributed by atoms with Crippen LogP contribution < -0.4 is 5.32 Å². The van der Waals surface area contributed by atoms with Gasteiger partial charge in [-0.2, -0.15) is 10.1 Å². The number of rotatable bonds is 2. The van der Waals surface area contributed by atoms with Gasteiger partial charge in [-0.15, -0.1) is 0 Å². The molecule has 1 amide bonds. The third kappa shape index (κ3) is 1.91. The lowest BCUT2D eigenvalue weighted by atomic mass is 10.1. The van der Waals surface area contributed by atoms with E-state index in [0.717, 1.165) is 10.9 Å². The largest absolute Gasteiger partial charge is 0.291 e. The Balaban J connectivity index is 1.92. The number of benzene rings is 1. The first-order chi connectivity index (χ1) is 8.83. The minimum absolute atomic E-state index is 0.273. The van der Waals surface area contributed by atoms with Crippen molar-refractivity contribution in [3.05, 3.63) is 48.4 Å². The number of hydrogen-bond donors (Lipinski definition) is 2. The number of carbonyl (C=O) groups excluding carboxylic acids is 1. The summed E-state index contributed by atoms with van der Waals surface area (Å²) >= 11 is 0. The van der Waals surface area contributed by atoms with Crippen LogP contribution in [0.1, 0.15) is 10.4 Å². The van der Waals surface area contributed by atoms with Crippen LogP contribution in [0.4, 0.5) is 5.95 Å². The number of nitrogens with zero attached hydrogens (tertiary/aromatic N) is 3. The zero-order valence-electron chi connectivity index (χ0n) is 9.29. The van der Waals surface area contributed by atoms with Crippen LogP contribution in [0.25, 0.3) is 10.9 Å². The Bertz CT molecular complexity index is 693. The van der Waals surface area contributed by atoms with Gasteiger partial charge in [0.15, 0.2) is 0 Å². The van der Waals surface area contributed by atoms with Gasteiger partial charge in [0.1, 0.15) is 6.33 Å². The van der Waals surface area contributed by atoms with Crippen LogP contribution in [0.5, 0.6) is 0 Å². The van der Waals surface area contributed by atoms with Gasteiger partial charge in [0, 0.05) is 11.6 Å². The molecule has 0 unspecified atom stereocenters. The standard InChI is InChI=1S/C12H9N5O/c18-11(16-12-14-7-15-17-12)9-5-8-3-1-2-4-10(8)13-6-9/h1-7H,(H2,14,15,16,17,18). The summed E-state index contributed by atoms with van der Waals surface area (Å²) in [5, 5.41) is 9.73. The van der Waals surface area contributed by atoms with Crippen molar-refractivity contribution in [2.24, 2.45) is 0 Å². The maximum absolute atomic E-state index is 11.9. The first kappa shape index (κ1) is 10.4. The molecule has 0 aliphatic rings. The van der Waals surface area contributed by atoms with Crippen LogP contribution in [-0.2, 0) is 0 Å². The lowest BCUT2D eigenvalue weighted by Crippen LogP contribution is -2.13. The van der Waals surface area contributed by atoms with Gasteiger partial charge in [0.2, 0.25) is 5.95 Å². The molecule has 0 aliphatic heterocycles. The number of nitrogens with one attached hydrogen (secondary N) is 2. The zero-order valence-corrected chi connectivity index (χ0v) is 9.29. The van der Waals surface area contributed by atoms with Crippen LogP contribution in [0.15, 0.2) is 42.9 Å². The van der Waals surface area contributed by atoms with E-state index < -0.39 is 0 Å². The van der Waals surface area contributed by atoms with Crippen molar-refractivity contribution in [3.8, 4) is 0 Å². The lowest BCUT2D eigenvalue weighted by Gasteiger charge is -2.02. The summed E-state index contributed by atoms with van der Waals surface area (Å²) in [4.78, 5) is 20.0. The minimum Gasteiger partial charge on any atom is -0.291 e. The van der Waals surface area contributed by atoms with E-state index >= 15 is 0 Å². The summed E-state index contributed by atoms with van der Waals surface area (Å²) in [6.07, 6.45) is 2.86. The zero-order chi connectivity index (χ0) is 12.4. The molecule has 6 heteroatoms. The second-order valence-corrected chi connectivity index (χ2v) is 3.70. The van der Waals surface area contributed by atoms with Gasteiger partial charge in [-0.1, -0.05) is 18.2 Å². The summed E-state index contributed by atoms with van der Waals surface area (Å²) in [5.74, 6) is 0.0400. The molecule has 1 aromatic carbocycles.